The van der Waals surface area contributed by atoms with E-state index in [1.165, 1.54) is 6.20 Å². The lowest BCUT2D eigenvalue weighted by atomic mass is 10.4. The highest BCUT2D eigenvalue weighted by molar-refractivity contribution is 5.71. The Morgan fingerprint density at radius 2 is 2.50 bits per heavy atom. The summed E-state index contributed by atoms with van der Waals surface area (Å²) in [5.74, 6) is -0.371. The highest BCUT2D eigenvalue weighted by atomic mass is 19.1. The molecule has 4 heteroatoms. The molecule has 0 saturated heterocycles. The Morgan fingerprint density at radius 3 is 3.21 bits per heavy atom. The number of aliphatic imine (C=N–C) groups is 1. The van der Waals surface area contributed by atoms with Gasteiger partial charge in [0.25, 0.3) is 0 Å². The van der Waals surface area contributed by atoms with Gasteiger partial charge < -0.3 is 5.32 Å². The molecule has 0 aliphatic carbocycles. The number of anilines is 1. The molecule has 0 aliphatic heterocycles. The maximum atomic E-state index is 13.0. The Morgan fingerprint density at radius 1 is 1.64 bits per heavy atom. The molecule has 0 aromatic carbocycles. The van der Waals surface area contributed by atoms with Crippen molar-refractivity contribution in [1.29, 1.82) is 0 Å². The molecule has 14 heavy (non-hydrogen) atoms. The molecule has 74 valence electrons. The molecule has 0 aliphatic rings. The van der Waals surface area contributed by atoms with E-state index in [2.05, 4.69) is 15.3 Å². The standard InChI is InChI=1S/C10H12FN3/c1-2-12-5-3-6-14-10-4-7-13-8-9(10)11/h3-8H,2H2,1H3,(H,13,14)/b6-3-,12-5?. The monoisotopic (exact) mass is 193 g/mol. The molecule has 0 saturated carbocycles. The van der Waals surface area contributed by atoms with Gasteiger partial charge in [-0.15, -0.1) is 0 Å². The zero-order valence-corrected chi connectivity index (χ0v) is 7.94. The van der Waals surface area contributed by atoms with E-state index in [0.717, 1.165) is 12.7 Å². The van der Waals surface area contributed by atoms with E-state index in [0.29, 0.717) is 5.69 Å². The molecule has 3 nitrogen and oxygen atoms in total. The van der Waals surface area contributed by atoms with E-state index >= 15 is 0 Å². The van der Waals surface area contributed by atoms with Gasteiger partial charge in [-0.05, 0) is 19.1 Å². The van der Waals surface area contributed by atoms with Gasteiger partial charge in [0.2, 0.25) is 0 Å². The summed E-state index contributed by atoms with van der Waals surface area (Å²) in [5, 5.41) is 2.79. The normalized spacial score (nSPS) is 11.3. The average Bonchev–Trinajstić information content (AvgIpc) is 2.20. The second-order valence-electron chi connectivity index (χ2n) is 2.51. The quantitative estimate of drug-likeness (QED) is 0.744. The first-order valence-electron chi connectivity index (χ1n) is 4.35. The molecule has 1 aromatic rings. The maximum absolute atomic E-state index is 13.0. The largest absolute Gasteiger partial charge is 0.359 e. The molecule has 0 fully saturated rings. The maximum Gasteiger partial charge on any atom is 0.164 e. The number of rotatable bonds is 4. The van der Waals surface area contributed by atoms with Crippen molar-refractivity contribution in [3.63, 3.8) is 0 Å². The summed E-state index contributed by atoms with van der Waals surface area (Å²) in [6.45, 7) is 2.69. The summed E-state index contributed by atoms with van der Waals surface area (Å²) in [6, 6.07) is 1.57. The second kappa shape index (κ2) is 5.85. The van der Waals surface area contributed by atoms with Crippen LogP contribution in [0.5, 0.6) is 0 Å². The fourth-order valence-electron chi connectivity index (χ4n) is 0.839. The van der Waals surface area contributed by atoms with Gasteiger partial charge in [0, 0.05) is 25.2 Å². The smallest absolute Gasteiger partial charge is 0.164 e. The van der Waals surface area contributed by atoms with Crippen LogP contribution in [0.4, 0.5) is 10.1 Å². The third-order valence-corrected chi connectivity index (χ3v) is 1.48. The summed E-state index contributed by atoms with van der Waals surface area (Å²) in [6.07, 6.45) is 7.68. The van der Waals surface area contributed by atoms with Crippen molar-refractivity contribution in [2.24, 2.45) is 4.99 Å². The number of allylic oxidation sites excluding steroid dienone is 1. The number of nitrogens with zero attached hydrogens (tertiary/aromatic N) is 2. The van der Waals surface area contributed by atoms with Gasteiger partial charge in [-0.2, -0.15) is 0 Å². The van der Waals surface area contributed by atoms with Gasteiger partial charge >= 0.3 is 0 Å². The molecule has 0 unspecified atom stereocenters. The Hall–Kier alpha value is -1.71. The first-order chi connectivity index (χ1) is 6.84. The molecule has 0 spiro atoms. The number of hydrogen-bond donors (Lipinski definition) is 1. The summed E-state index contributed by atoms with van der Waals surface area (Å²) in [7, 11) is 0. The van der Waals surface area contributed by atoms with E-state index in [-0.39, 0.29) is 5.82 Å². The molecule has 1 heterocycles. The van der Waals surface area contributed by atoms with Crippen molar-refractivity contribution in [3.05, 3.63) is 36.6 Å². The van der Waals surface area contributed by atoms with Crippen LogP contribution in [0.1, 0.15) is 6.92 Å². The van der Waals surface area contributed by atoms with Crippen LogP contribution in [0.25, 0.3) is 0 Å². The SMILES string of the molecule is CCN=C/C=C\Nc1ccncc1F. The van der Waals surface area contributed by atoms with E-state index in [1.807, 2.05) is 6.92 Å². The lowest BCUT2D eigenvalue weighted by Gasteiger charge is -1.99. The Labute approximate surface area is 82.4 Å². The average molecular weight is 193 g/mol. The topological polar surface area (TPSA) is 37.3 Å². The van der Waals surface area contributed by atoms with Crippen molar-refractivity contribution in [1.82, 2.24) is 4.98 Å². The van der Waals surface area contributed by atoms with Crippen LogP contribution in [-0.2, 0) is 0 Å². The molecular weight excluding hydrogens is 181 g/mol. The van der Waals surface area contributed by atoms with Crippen molar-refractivity contribution in [2.75, 3.05) is 11.9 Å². The van der Waals surface area contributed by atoms with Crippen LogP contribution in [-0.4, -0.2) is 17.7 Å². The van der Waals surface area contributed by atoms with Gasteiger partial charge in [-0.25, -0.2) is 4.39 Å². The van der Waals surface area contributed by atoms with Gasteiger partial charge in [0.1, 0.15) is 0 Å². The number of halogens is 1. The van der Waals surface area contributed by atoms with Gasteiger partial charge in [0.15, 0.2) is 5.82 Å². The molecule has 0 radical (unpaired) electrons. The van der Waals surface area contributed by atoms with Crippen molar-refractivity contribution in [2.45, 2.75) is 6.92 Å². The summed E-state index contributed by atoms with van der Waals surface area (Å²) < 4.78 is 13.0. The first-order valence-corrected chi connectivity index (χ1v) is 4.35. The number of pyridine rings is 1. The fourth-order valence-corrected chi connectivity index (χ4v) is 0.839. The Kier molecular flexibility index (Phi) is 4.34. The van der Waals surface area contributed by atoms with Gasteiger partial charge in [0.05, 0.1) is 11.9 Å². The van der Waals surface area contributed by atoms with Crippen LogP contribution in [0.3, 0.4) is 0 Å². The lowest BCUT2D eigenvalue weighted by molar-refractivity contribution is 0.625. The third-order valence-electron chi connectivity index (χ3n) is 1.48. The third kappa shape index (κ3) is 3.35. The number of nitrogens with one attached hydrogen (secondary N) is 1. The van der Waals surface area contributed by atoms with Crippen LogP contribution < -0.4 is 5.32 Å². The molecule has 0 atom stereocenters. The summed E-state index contributed by atoms with van der Waals surface area (Å²) >= 11 is 0. The van der Waals surface area contributed by atoms with Crippen LogP contribution in [0.2, 0.25) is 0 Å². The molecular formula is C10H12FN3. The summed E-state index contributed by atoms with van der Waals surface area (Å²) in [4.78, 5) is 7.60. The number of aromatic nitrogens is 1. The van der Waals surface area contributed by atoms with E-state index in [4.69, 9.17) is 0 Å². The highest BCUT2D eigenvalue weighted by Crippen LogP contribution is 2.09. The van der Waals surface area contributed by atoms with Crippen molar-refractivity contribution < 1.29 is 4.39 Å². The van der Waals surface area contributed by atoms with Crippen molar-refractivity contribution >= 4 is 11.9 Å². The van der Waals surface area contributed by atoms with Crippen LogP contribution in [0.15, 0.2) is 35.7 Å². The molecule has 1 N–H and O–H groups in total. The van der Waals surface area contributed by atoms with Crippen LogP contribution in [0, 0.1) is 5.82 Å². The van der Waals surface area contributed by atoms with Crippen LogP contribution >= 0.6 is 0 Å². The van der Waals surface area contributed by atoms with Gasteiger partial charge in [-0.3, -0.25) is 9.98 Å². The Balaban J connectivity index is 2.49. The minimum absolute atomic E-state index is 0.371. The predicted octanol–water partition coefficient (Wildman–Crippen LogP) is 2.24. The molecule has 1 aromatic heterocycles. The van der Waals surface area contributed by atoms with E-state index in [9.17, 15) is 4.39 Å². The van der Waals surface area contributed by atoms with Crippen molar-refractivity contribution in [3.8, 4) is 0 Å². The molecule has 0 bridgehead atoms. The molecule has 0 amide bonds. The zero-order chi connectivity index (χ0) is 10.2. The van der Waals surface area contributed by atoms with E-state index < -0.39 is 0 Å². The number of hydrogen-bond acceptors (Lipinski definition) is 3. The summed E-state index contributed by atoms with van der Waals surface area (Å²) in [5.41, 5.74) is 0.404. The van der Waals surface area contributed by atoms with Gasteiger partial charge in [-0.1, -0.05) is 0 Å². The fraction of sp³-hybridized carbons (Fsp3) is 0.200. The molecule has 1 rings (SSSR count). The minimum atomic E-state index is -0.371. The first kappa shape index (κ1) is 10.4. The minimum Gasteiger partial charge on any atom is -0.359 e. The Bertz CT molecular complexity index is 334. The van der Waals surface area contributed by atoms with E-state index in [1.54, 1.807) is 24.6 Å². The second-order valence-corrected chi connectivity index (χ2v) is 2.51. The highest BCUT2D eigenvalue weighted by Gasteiger charge is 1.95. The zero-order valence-electron chi connectivity index (χ0n) is 7.94. The predicted molar refractivity (Wildman–Crippen MR) is 56.0 cm³/mol. The lowest BCUT2D eigenvalue weighted by Crippen LogP contribution is -1.91.